The Bertz CT molecular complexity index is 340. The zero-order valence-corrected chi connectivity index (χ0v) is 10.8. The number of sulfonamides is 1. The van der Waals surface area contributed by atoms with Gasteiger partial charge >= 0.3 is 6.09 Å². The molecule has 0 saturated carbocycles. The minimum atomic E-state index is -3.60. The largest absolute Gasteiger partial charge is 0.443 e. The molecule has 0 aromatic rings. The summed E-state index contributed by atoms with van der Waals surface area (Å²) in [6.07, 6.45) is 1.71. The molecule has 1 N–H and O–H groups in total. The van der Waals surface area contributed by atoms with Crippen LogP contribution >= 0.6 is 0 Å². The van der Waals surface area contributed by atoms with E-state index in [0.717, 1.165) is 0 Å². The van der Waals surface area contributed by atoms with Crippen LogP contribution in [0.4, 0.5) is 4.79 Å². The second kappa shape index (κ2) is 5.89. The first-order valence-corrected chi connectivity index (χ1v) is 6.66. The van der Waals surface area contributed by atoms with E-state index in [9.17, 15) is 13.2 Å². The lowest BCUT2D eigenvalue weighted by Crippen LogP contribution is -2.37. The van der Waals surface area contributed by atoms with E-state index in [1.807, 2.05) is 4.72 Å². The standard InChI is InChI=1S/C10H19NO4S/c1-5-6-7-8-16(13,14)11-9(12)15-10(2,3)4/h5H,1,6-8H2,2-4H3,(H,11,12). The van der Waals surface area contributed by atoms with E-state index in [-0.39, 0.29) is 5.75 Å². The van der Waals surface area contributed by atoms with E-state index < -0.39 is 21.7 Å². The van der Waals surface area contributed by atoms with E-state index in [1.54, 1.807) is 26.8 Å². The maximum atomic E-state index is 11.4. The topological polar surface area (TPSA) is 72.5 Å². The molecule has 0 unspecified atom stereocenters. The highest BCUT2D eigenvalue weighted by atomic mass is 32.2. The molecular weight excluding hydrogens is 230 g/mol. The fourth-order valence-corrected chi connectivity index (χ4v) is 1.84. The van der Waals surface area contributed by atoms with Crippen molar-refractivity contribution in [2.75, 3.05) is 5.75 Å². The van der Waals surface area contributed by atoms with E-state index in [0.29, 0.717) is 12.8 Å². The first-order chi connectivity index (χ1) is 7.16. The molecular formula is C10H19NO4S. The molecule has 0 saturated heterocycles. The number of carbonyl (C=O) groups excluding carboxylic acids is 1. The first-order valence-electron chi connectivity index (χ1n) is 5.01. The molecule has 6 heteroatoms. The molecule has 0 atom stereocenters. The van der Waals surface area contributed by atoms with Crippen molar-refractivity contribution in [3.05, 3.63) is 12.7 Å². The molecule has 94 valence electrons. The van der Waals surface area contributed by atoms with Crippen molar-refractivity contribution in [1.29, 1.82) is 0 Å². The summed E-state index contributed by atoms with van der Waals surface area (Å²) in [6, 6.07) is 0. The average molecular weight is 249 g/mol. The number of allylic oxidation sites excluding steroid dienone is 1. The summed E-state index contributed by atoms with van der Waals surface area (Å²) in [4.78, 5) is 11.2. The van der Waals surface area contributed by atoms with Crippen molar-refractivity contribution in [3.8, 4) is 0 Å². The molecule has 0 radical (unpaired) electrons. The van der Waals surface area contributed by atoms with Crippen molar-refractivity contribution in [3.63, 3.8) is 0 Å². The Hall–Kier alpha value is -1.04. The smallest absolute Gasteiger partial charge is 0.421 e. The van der Waals surface area contributed by atoms with Gasteiger partial charge in [0.05, 0.1) is 5.75 Å². The second-order valence-electron chi connectivity index (χ2n) is 4.35. The summed E-state index contributed by atoms with van der Waals surface area (Å²) in [6.45, 7) is 8.47. The van der Waals surface area contributed by atoms with Crippen LogP contribution in [0.1, 0.15) is 33.6 Å². The number of ether oxygens (including phenoxy) is 1. The lowest BCUT2D eigenvalue weighted by atomic mass is 10.2. The van der Waals surface area contributed by atoms with Crippen molar-refractivity contribution in [2.45, 2.75) is 39.2 Å². The van der Waals surface area contributed by atoms with Gasteiger partial charge in [-0.25, -0.2) is 17.9 Å². The summed E-state index contributed by atoms with van der Waals surface area (Å²) in [5, 5.41) is 0. The number of hydrogen-bond donors (Lipinski definition) is 1. The van der Waals surface area contributed by atoms with Crippen LogP contribution in [0.2, 0.25) is 0 Å². The zero-order chi connectivity index (χ0) is 12.8. The Balaban J connectivity index is 4.16. The molecule has 0 fully saturated rings. The Labute approximate surface area is 96.9 Å². The van der Waals surface area contributed by atoms with E-state index in [2.05, 4.69) is 6.58 Å². The predicted molar refractivity (Wildman–Crippen MR) is 62.6 cm³/mol. The fraction of sp³-hybridized carbons (Fsp3) is 0.700. The van der Waals surface area contributed by atoms with Crippen LogP contribution in [0.15, 0.2) is 12.7 Å². The highest BCUT2D eigenvalue weighted by Crippen LogP contribution is 2.07. The molecule has 0 aliphatic heterocycles. The molecule has 0 aromatic heterocycles. The molecule has 0 heterocycles. The molecule has 0 rings (SSSR count). The van der Waals surface area contributed by atoms with Crippen molar-refractivity contribution in [1.82, 2.24) is 4.72 Å². The molecule has 16 heavy (non-hydrogen) atoms. The lowest BCUT2D eigenvalue weighted by Gasteiger charge is -2.19. The van der Waals surface area contributed by atoms with Crippen molar-refractivity contribution >= 4 is 16.1 Å². The van der Waals surface area contributed by atoms with Crippen LogP contribution in [0.25, 0.3) is 0 Å². The number of hydrogen-bond acceptors (Lipinski definition) is 4. The molecule has 5 nitrogen and oxygen atoms in total. The third-order valence-corrected chi connectivity index (χ3v) is 2.76. The summed E-state index contributed by atoms with van der Waals surface area (Å²) in [5.41, 5.74) is -0.708. The lowest BCUT2D eigenvalue weighted by molar-refractivity contribution is 0.0570. The van der Waals surface area contributed by atoms with Gasteiger partial charge in [-0.15, -0.1) is 6.58 Å². The summed E-state index contributed by atoms with van der Waals surface area (Å²) in [5.74, 6) is -0.113. The van der Waals surface area contributed by atoms with Gasteiger partial charge in [0.15, 0.2) is 0 Å². The summed E-state index contributed by atoms with van der Waals surface area (Å²) in [7, 11) is -3.60. The van der Waals surface area contributed by atoms with E-state index in [4.69, 9.17) is 4.74 Å². The van der Waals surface area contributed by atoms with Crippen LogP contribution in [-0.4, -0.2) is 25.9 Å². The Morgan fingerprint density at radius 3 is 2.44 bits per heavy atom. The maximum Gasteiger partial charge on any atom is 0.421 e. The van der Waals surface area contributed by atoms with Gasteiger partial charge in [0.25, 0.3) is 0 Å². The number of nitrogens with one attached hydrogen (secondary N) is 1. The molecule has 1 amide bonds. The van der Waals surface area contributed by atoms with Gasteiger partial charge < -0.3 is 4.74 Å². The Kier molecular flexibility index (Phi) is 5.50. The van der Waals surface area contributed by atoms with Gasteiger partial charge in [-0.3, -0.25) is 0 Å². The van der Waals surface area contributed by atoms with Gasteiger partial charge in [0, 0.05) is 0 Å². The van der Waals surface area contributed by atoms with Crippen LogP contribution in [-0.2, 0) is 14.8 Å². The number of unbranched alkanes of at least 4 members (excludes halogenated alkanes) is 1. The van der Waals surface area contributed by atoms with Crippen LogP contribution in [0.3, 0.4) is 0 Å². The zero-order valence-electron chi connectivity index (χ0n) is 9.95. The van der Waals surface area contributed by atoms with Gasteiger partial charge in [0.1, 0.15) is 5.60 Å². The maximum absolute atomic E-state index is 11.4. The van der Waals surface area contributed by atoms with Gasteiger partial charge in [0.2, 0.25) is 10.0 Å². The third kappa shape index (κ3) is 8.28. The normalized spacial score (nSPS) is 11.9. The monoisotopic (exact) mass is 249 g/mol. The van der Waals surface area contributed by atoms with Crippen molar-refractivity contribution in [2.24, 2.45) is 0 Å². The fourth-order valence-electron chi connectivity index (χ4n) is 0.895. The second-order valence-corrected chi connectivity index (χ2v) is 6.20. The van der Waals surface area contributed by atoms with Crippen LogP contribution in [0.5, 0.6) is 0 Å². The van der Waals surface area contributed by atoms with Gasteiger partial charge in [-0.1, -0.05) is 6.08 Å². The highest BCUT2D eigenvalue weighted by Gasteiger charge is 2.20. The quantitative estimate of drug-likeness (QED) is 0.595. The molecule has 0 spiro atoms. The summed E-state index contributed by atoms with van der Waals surface area (Å²) >= 11 is 0. The minimum Gasteiger partial charge on any atom is -0.443 e. The number of rotatable bonds is 5. The Morgan fingerprint density at radius 1 is 1.44 bits per heavy atom. The first kappa shape index (κ1) is 15.0. The van der Waals surface area contributed by atoms with Crippen molar-refractivity contribution < 1.29 is 17.9 Å². The molecule has 0 aliphatic rings. The molecule has 0 aliphatic carbocycles. The van der Waals surface area contributed by atoms with Gasteiger partial charge in [-0.05, 0) is 33.6 Å². The summed E-state index contributed by atoms with van der Waals surface area (Å²) < 4.78 is 29.4. The minimum absolute atomic E-state index is 0.113. The Morgan fingerprint density at radius 2 is 2.00 bits per heavy atom. The van der Waals surface area contributed by atoms with Gasteiger partial charge in [-0.2, -0.15) is 0 Å². The highest BCUT2D eigenvalue weighted by molar-refractivity contribution is 7.90. The number of amides is 1. The van der Waals surface area contributed by atoms with E-state index in [1.165, 1.54) is 0 Å². The predicted octanol–water partition coefficient (Wildman–Crippen LogP) is 1.81. The third-order valence-electron chi connectivity index (χ3n) is 1.46. The molecule has 0 bridgehead atoms. The van der Waals surface area contributed by atoms with Crippen LogP contribution < -0.4 is 4.72 Å². The molecule has 0 aromatic carbocycles. The number of carbonyl (C=O) groups is 1. The SMILES string of the molecule is C=CCCCS(=O)(=O)NC(=O)OC(C)(C)C. The average Bonchev–Trinajstić information content (AvgIpc) is 1.98. The van der Waals surface area contributed by atoms with E-state index >= 15 is 0 Å². The van der Waals surface area contributed by atoms with Crippen LogP contribution in [0, 0.1) is 0 Å².